The molecule has 1 aromatic rings. The summed E-state index contributed by atoms with van der Waals surface area (Å²) in [5, 5.41) is 10.1. The zero-order chi connectivity index (χ0) is 26.1. The standard InChI is InChI=1S/C25H32N2O8/c1-14(28)20-18-11-17(15-8-7-9-16(10-15)33-12-19(29)26(5)6)21(27(18)22(20)30)23(31)34-13-35-24(32)25(2,3)4/h7-10,14,18,20,28H,11-13H2,1-6H3/t14-,18-,20-/m1/s1. The maximum Gasteiger partial charge on any atom is 0.358 e. The van der Waals surface area contributed by atoms with Gasteiger partial charge in [-0.15, -0.1) is 0 Å². The van der Waals surface area contributed by atoms with Gasteiger partial charge in [-0.3, -0.25) is 14.4 Å². The Morgan fingerprint density at radius 2 is 1.89 bits per heavy atom. The number of ether oxygens (including phenoxy) is 3. The van der Waals surface area contributed by atoms with Gasteiger partial charge in [0.2, 0.25) is 12.7 Å². The summed E-state index contributed by atoms with van der Waals surface area (Å²) in [6, 6.07) is 6.45. The first-order chi connectivity index (χ1) is 16.3. The number of fused-ring (bicyclic) bond motifs is 1. The fourth-order valence-corrected chi connectivity index (χ4v) is 3.99. The summed E-state index contributed by atoms with van der Waals surface area (Å²) in [5.41, 5.74) is 0.444. The van der Waals surface area contributed by atoms with Crippen molar-refractivity contribution in [2.75, 3.05) is 27.5 Å². The Kier molecular flexibility index (Phi) is 7.54. The van der Waals surface area contributed by atoms with Crippen molar-refractivity contribution in [2.24, 2.45) is 11.3 Å². The van der Waals surface area contributed by atoms with Gasteiger partial charge < -0.3 is 29.1 Å². The van der Waals surface area contributed by atoms with E-state index in [2.05, 4.69) is 0 Å². The van der Waals surface area contributed by atoms with Gasteiger partial charge in [0, 0.05) is 14.1 Å². The second-order valence-electron chi connectivity index (χ2n) is 9.91. The number of carbonyl (C=O) groups is 4. The largest absolute Gasteiger partial charge is 0.484 e. The van der Waals surface area contributed by atoms with Crippen molar-refractivity contribution in [1.29, 1.82) is 0 Å². The Hall–Kier alpha value is -3.40. The molecule has 1 saturated heterocycles. The molecule has 190 valence electrons. The van der Waals surface area contributed by atoms with Gasteiger partial charge in [0.25, 0.3) is 5.91 Å². The fourth-order valence-electron chi connectivity index (χ4n) is 3.99. The van der Waals surface area contributed by atoms with Crippen LogP contribution < -0.4 is 4.74 Å². The summed E-state index contributed by atoms with van der Waals surface area (Å²) >= 11 is 0. The lowest BCUT2D eigenvalue weighted by Crippen LogP contribution is -2.61. The molecule has 3 atom stereocenters. The van der Waals surface area contributed by atoms with Crippen LogP contribution in [0.25, 0.3) is 5.57 Å². The SMILES string of the molecule is C[C@@H](O)[C@H]1C(=O)N2C(C(=O)OCOC(=O)C(C)(C)C)=C(c3cccc(OCC(=O)N(C)C)c3)C[C@H]12. The van der Waals surface area contributed by atoms with Crippen molar-refractivity contribution in [3.8, 4) is 5.75 Å². The summed E-state index contributed by atoms with van der Waals surface area (Å²) in [5.74, 6) is -2.14. The van der Waals surface area contributed by atoms with E-state index in [4.69, 9.17) is 14.2 Å². The summed E-state index contributed by atoms with van der Waals surface area (Å²) in [6.45, 7) is 5.83. The van der Waals surface area contributed by atoms with Crippen molar-refractivity contribution >= 4 is 29.3 Å². The van der Waals surface area contributed by atoms with Crippen LogP contribution in [-0.4, -0.2) is 78.3 Å². The molecule has 35 heavy (non-hydrogen) atoms. The Labute approximate surface area is 204 Å². The number of amides is 2. The van der Waals surface area contributed by atoms with Crippen LogP contribution in [0.15, 0.2) is 30.0 Å². The van der Waals surface area contributed by atoms with E-state index in [1.54, 1.807) is 59.1 Å². The van der Waals surface area contributed by atoms with Gasteiger partial charge in [-0.25, -0.2) is 4.79 Å². The first kappa shape index (κ1) is 26.2. The molecule has 0 aliphatic carbocycles. The maximum atomic E-state index is 13.0. The van der Waals surface area contributed by atoms with Crippen molar-refractivity contribution in [3.05, 3.63) is 35.5 Å². The third-order valence-corrected chi connectivity index (χ3v) is 5.96. The zero-order valence-corrected chi connectivity index (χ0v) is 20.9. The molecule has 1 N–H and O–H groups in total. The number of likely N-dealkylation sites (N-methyl/N-ethyl adjacent to an activating group) is 1. The summed E-state index contributed by atoms with van der Waals surface area (Å²) in [7, 11) is 3.25. The number of esters is 2. The Morgan fingerprint density at radius 1 is 1.20 bits per heavy atom. The van der Waals surface area contributed by atoms with Crippen LogP contribution in [0, 0.1) is 11.3 Å². The minimum Gasteiger partial charge on any atom is -0.484 e. The number of aliphatic hydroxyl groups is 1. The van der Waals surface area contributed by atoms with Gasteiger partial charge in [-0.1, -0.05) is 12.1 Å². The molecule has 10 heteroatoms. The minimum absolute atomic E-state index is 0.0465. The zero-order valence-electron chi connectivity index (χ0n) is 20.9. The second-order valence-corrected chi connectivity index (χ2v) is 9.91. The number of nitrogens with zero attached hydrogens (tertiary/aromatic N) is 2. The van der Waals surface area contributed by atoms with E-state index >= 15 is 0 Å². The molecule has 2 amide bonds. The van der Waals surface area contributed by atoms with Gasteiger partial charge >= 0.3 is 11.9 Å². The molecule has 0 radical (unpaired) electrons. The lowest BCUT2D eigenvalue weighted by molar-refractivity contribution is -0.175. The maximum absolute atomic E-state index is 13.0. The van der Waals surface area contributed by atoms with E-state index in [-0.39, 0.29) is 24.1 Å². The Morgan fingerprint density at radius 3 is 2.49 bits per heavy atom. The van der Waals surface area contributed by atoms with E-state index < -0.39 is 42.2 Å². The molecule has 10 nitrogen and oxygen atoms in total. The monoisotopic (exact) mass is 488 g/mol. The van der Waals surface area contributed by atoms with E-state index in [0.29, 0.717) is 23.3 Å². The number of β-lactam (4-membered cyclic amide) rings is 1. The molecule has 2 heterocycles. The highest BCUT2D eigenvalue weighted by molar-refractivity contribution is 6.06. The third-order valence-electron chi connectivity index (χ3n) is 5.96. The first-order valence-electron chi connectivity index (χ1n) is 11.3. The number of benzene rings is 1. The minimum atomic E-state index is -0.875. The number of carbonyl (C=O) groups excluding carboxylic acids is 4. The number of hydrogen-bond donors (Lipinski definition) is 1. The topological polar surface area (TPSA) is 123 Å². The third kappa shape index (κ3) is 5.48. The molecular formula is C25H32N2O8. The summed E-state index contributed by atoms with van der Waals surface area (Å²) in [4.78, 5) is 52.4. The highest BCUT2D eigenvalue weighted by atomic mass is 16.7. The smallest absolute Gasteiger partial charge is 0.358 e. The van der Waals surface area contributed by atoms with Crippen LogP contribution in [0.5, 0.6) is 5.75 Å². The van der Waals surface area contributed by atoms with Gasteiger partial charge in [-0.05, 0) is 57.4 Å². The molecular weight excluding hydrogens is 456 g/mol. The van der Waals surface area contributed by atoms with Crippen LogP contribution in [-0.2, 0) is 28.7 Å². The van der Waals surface area contributed by atoms with E-state index in [1.807, 2.05) is 0 Å². The van der Waals surface area contributed by atoms with Crippen molar-refractivity contribution in [3.63, 3.8) is 0 Å². The number of aliphatic hydroxyl groups excluding tert-OH is 1. The molecule has 0 unspecified atom stereocenters. The highest BCUT2D eigenvalue weighted by Gasteiger charge is 2.57. The molecule has 2 aliphatic rings. The summed E-state index contributed by atoms with van der Waals surface area (Å²) < 4.78 is 15.8. The fraction of sp³-hybridized carbons (Fsp3) is 0.520. The predicted molar refractivity (Wildman–Crippen MR) is 124 cm³/mol. The van der Waals surface area contributed by atoms with Gasteiger partial charge in [-0.2, -0.15) is 0 Å². The molecule has 2 aliphatic heterocycles. The molecule has 0 spiro atoms. The molecule has 1 fully saturated rings. The van der Waals surface area contributed by atoms with Crippen LogP contribution in [0.3, 0.4) is 0 Å². The van der Waals surface area contributed by atoms with Crippen molar-refractivity contribution < 1.29 is 38.5 Å². The van der Waals surface area contributed by atoms with Crippen molar-refractivity contribution in [2.45, 2.75) is 46.3 Å². The number of rotatable bonds is 8. The van der Waals surface area contributed by atoms with Gasteiger partial charge in [0.15, 0.2) is 6.61 Å². The lowest BCUT2D eigenvalue weighted by atomic mass is 9.82. The van der Waals surface area contributed by atoms with E-state index in [1.165, 1.54) is 16.7 Å². The first-order valence-corrected chi connectivity index (χ1v) is 11.3. The van der Waals surface area contributed by atoms with E-state index in [0.717, 1.165) is 0 Å². The summed E-state index contributed by atoms with van der Waals surface area (Å²) in [6.07, 6.45) is -0.548. The van der Waals surface area contributed by atoms with Gasteiger partial charge in [0.1, 0.15) is 11.4 Å². The van der Waals surface area contributed by atoms with E-state index in [9.17, 15) is 24.3 Å². The predicted octanol–water partition coefficient (Wildman–Crippen LogP) is 1.57. The molecule has 1 aromatic carbocycles. The van der Waals surface area contributed by atoms with Crippen LogP contribution in [0.4, 0.5) is 0 Å². The van der Waals surface area contributed by atoms with Gasteiger partial charge in [0.05, 0.1) is 23.5 Å². The Bertz CT molecular complexity index is 1050. The highest BCUT2D eigenvalue weighted by Crippen LogP contribution is 2.47. The average molecular weight is 489 g/mol. The quantitative estimate of drug-likeness (QED) is 0.332. The average Bonchev–Trinajstić information content (AvgIpc) is 3.11. The lowest BCUT2D eigenvalue weighted by Gasteiger charge is -2.44. The number of hydrogen-bond acceptors (Lipinski definition) is 8. The van der Waals surface area contributed by atoms with Crippen LogP contribution in [0.2, 0.25) is 0 Å². The normalized spacial score (nSPS) is 20.1. The van der Waals surface area contributed by atoms with Crippen LogP contribution >= 0.6 is 0 Å². The molecule has 0 bridgehead atoms. The van der Waals surface area contributed by atoms with Crippen molar-refractivity contribution in [1.82, 2.24) is 9.80 Å². The Balaban J connectivity index is 1.85. The molecule has 0 saturated carbocycles. The molecule has 0 aromatic heterocycles. The molecule has 3 rings (SSSR count). The second kappa shape index (κ2) is 10.1. The van der Waals surface area contributed by atoms with Crippen LogP contribution in [0.1, 0.15) is 39.7 Å².